The second kappa shape index (κ2) is 6.22. The minimum atomic E-state index is -0.488. The number of hydrogen-bond donors (Lipinski definition) is 2. The van der Waals surface area contributed by atoms with Crippen LogP contribution in [0.25, 0.3) is 0 Å². The number of rotatable bonds is 5. The first-order valence-electron chi connectivity index (χ1n) is 6.79. The number of ether oxygens (including phenoxy) is 2. The van der Waals surface area contributed by atoms with Crippen molar-refractivity contribution in [1.82, 2.24) is 0 Å². The van der Waals surface area contributed by atoms with Crippen molar-refractivity contribution in [3.05, 3.63) is 52.6 Å². The first-order chi connectivity index (χ1) is 11.1. The van der Waals surface area contributed by atoms with Crippen LogP contribution in [0.4, 0.5) is 17.1 Å². The highest BCUT2D eigenvalue weighted by Gasteiger charge is 2.14. The molecular weight excluding hydrogens is 302 g/mol. The number of hydrogen-bond acceptors (Lipinski definition) is 6. The van der Waals surface area contributed by atoms with Gasteiger partial charge in [0.05, 0.1) is 11.5 Å². The molecule has 118 valence electrons. The van der Waals surface area contributed by atoms with Crippen LogP contribution in [0.2, 0.25) is 0 Å². The van der Waals surface area contributed by atoms with Gasteiger partial charge in [-0.3, -0.25) is 14.9 Å². The quantitative estimate of drug-likeness (QED) is 0.648. The molecule has 0 aliphatic carbocycles. The van der Waals surface area contributed by atoms with Gasteiger partial charge in [-0.25, -0.2) is 0 Å². The summed E-state index contributed by atoms with van der Waals surface area (Å²) in [5, 5.41) is 16.3. The number of non-ortho nitro benzene ring substituents is 1. The summed E-state index contributed by atoms with van der Waals surface area (Å²) in [5.41, 5.74) is 1.05. The maximum absolute atomic E-state index is 11.9. The fraction of sp³-hybridized carbons (Fsp3) is 0.133. The Morgan fingerprint density at radius 2 is 1.96 bits per heavy atom. The third-order valence-corrected chi connectivity index (χ3v) is 3.17. The number of anilines is 2. The number of benzene rings is 2. The molecule has 0 aromatic heterocycles. The molecule has 0 fully saturated rings. The molecule has 2 N–H and O–H groups in total. The number of nitro groups is 1. The highest BCUT2D eigenvalue weighted by atomic mass is 16.7. The number of nitro benzene ring substituents is 1. The van der Waals surface area contributed by atoms with Gasteiger partial charge < -0.3 is 20.1 Å². The molecule has 0 saturated heterocycles. The van der Waals surface area contributed by atoms with Gasteiger partial charge in [-0.15, -0.1) is 0 Å². The highest BCUT2D eigenvalue weighted by Crippen LogP contribution is 2.34. The Morgan fingerprint density at radius 1 is 1.13 bits per heavy atom. The van der Waals surface area contributed by atoms with E-state index in [0.29, 0.717) is 22.9 Å². The molecule has 0 unspecified atom stereocenters. The monoisotopic (exact) mass is 315 g/mol. The molecule has 0 radical (unpaired) electrons. The molecule has 2 aromatic carbocycles. The number of amides is 1. The minimum absolute atomic E-state index is 0.0182. The van der Waals surface area contributed by atoms with Crippen LogP contribution >= 0.6 is 0 Å². The topological polar surface area (TPSA) is 103 Å². The van der Waals surface area contributed by atoms with Gasteiger partial charge in [0.15, 0.2) is 11.5 Å². The molecule has 2 aromatic rings. The van der Waals surface area contributed by atoms with E-state index in [-0.39, 0.29) is 24.9 Å². The molecule has 23 heavy (non-hydrogen) atoms. The number of carbonyl (C=O) groups is 1. The van der Waals surface area contributed by atoms with Gasteiger partial charge in [-0.05, 0) is 18.2 Å². The second-order valence-corrected chi connectivity index (χ2v) is 4.78. The van der Waals surface area contributed by atoms with Gasteiger partial charge in [0.2, 0.25) is 12.7 Å². The zero-order valence-electron chi connectivity index (χ0n) is 11.9. The van der Waals surface area contributed by atoms with Gasteiger partial charge in [0, 0.05) is 29.6 Å². The minimum Gasteiger partial charge on any atom is -0.454 e. The van der Waals surface area contributed by atoms with Crippen LogP contribution in [0.3, 0.4) is 0 Å². The van der Waals surface area contributed by atoms with Crippen LogP contribution in [0.5, 0.6) is 11.5 Å². The molecule has 8 heteroatoms. The molecule has 1 aliphatic heterocycles. The molecule has 1 heterocycles. The number of fused-ring (bicyclic) bond motifs is 1. The summed E-state index contributed by atoms with van der Waals surface area (Å²) >= 11 is 0. The summed E-state index contributed by atoms with van der Waals surface area (Å²) in [7, 11) is 0. The van der Waals surface area contributed by atoms with Crippen molar-refractivity contribution >= 4 is 23.0 Å². The van der Waals surface area contributed by atoms with E-state index in [9.17, 15) is 14.9 Å². The first kappa shape index (κ1) is 14.6. The highest BCUT2D eigenvalue weighted by molar-refractivity contribution is 5.94. The van der Waals surface area contributed by atoms with E-state index in [2.05, 4.69) is 10.6 Å². The Kier molecular flexibility index (Phi) is 3.96. The van der Waals surface area contributed by atoms with Crippen LogP contribution in [0, 0.1) is 10.1 Å². The summed E-state index contributed by atoms with van der Waals surface area (Å²) in [6, 6.07) is 11.1. The van der Waals surface area contributed by atoms with Crippen molar-refractivity contribution < 1.29 is 19.2 Å². The van der Waals surface area contributed by atoms with Crippen molar-refractivity contribution in [3.63, 3.8) is 0 Å². The van der Waals surface area contributed by atoms with Crippen LogP contribution in [-0.4, -0.2) is 24.2 Å². The number of nitrogens with zero attached hydrogens (tertiary/aromatic N) is 1. The molecule has 8 nitrogen and oxygen atoms in total. The Hall–Kier alpha value is -3.29. The van der Waals surface area contributed by atoms with Crippen LogP contribution in [-0.2, 0) is 4.79 Å². The summed E-state index contributed by atoms with van der Waals surface area (Å²) < 4.78 is 10.4. The van der Waals surface area contributed by atoms with E-state index in [4.69, 9.17) is 9.47 Å². The van der Waals surface area contributed by atoms with Crippen molar-refractivity contribution in [3.8, 4) is 11.5 Å². The summed E-state index contributed by atoms with van der Waals surface area (Å²) in [6.45, 7) is 0.149. The lowest BCUT2D eigenvalue weighted by molar-refractivity contribution is -0.384. The van der Waals surface area contributed by atoms with Gasteiger partial charge in [0.1, 0.15) is 0 Å². The molecule has 3 rings (SSSR count). The summed E-state index contributed by atoms with van der Waals surface area (Å²) in [4.78, 5) is 22.1. The van der Waals surface area contributed by atoms with E-state index in [1.54, 1.807) is 30.3 Å². The van der Waals surface area contributed by atoms with Crippen molar-refractivity contribution in [1.29, 1.82) is 0 Å². The Bertz CT molecular complexity index is 763. The molecule has 1 aliphatic rings. The lowest BCUT2D eigenvalue weighted by atomic mass is 10.2. The third-order valence-electron chi connectivity index (χ3n) is 3.17. The molecule has 0 spiro atoms. The average Bonchev–Trinajstić information content (AvgIpc) is 3.01. The van der Waals surface area contributed by atoms with Crippen molar-refractivity contribution in [2.75, 3.05) is 24.0 Å². The van der Waals surface area contributed by atoms with E-state index < -0.39 is 4.92 Å². The number of nitrogens with one attached hydrogen (secondary N) is 2. The predicted molar refractivity (Wildman–Crippen MR) is 82.8 cm³/mol. The Morgan fingerprint density at radius 3 is 2.78 bits per heavy atom. The smallest absolute Gasteiger partial charge is 0.271 e. The molecule has 0 atom stereocenters. The van der Waals surface area contributed by atoms with E-state index in [0.717, 1.165) is 0 Å². The zero-order valence-corrected chi connectivity index (χ0v) is 11.9. The average molecular weight is 315 g/mol. The lowest BCUT2D eigenvalue weighted by Crippen LogP contribution is -2.21. The zero-order chi connectivity index (χ0) is 16.2. The predicted octanol–water partition coefficient (Wildman–Crippen LogP) is 2.37. The largest absolute Gasteiger partial charge is 0.454 e. The fourth-order valence-corrected chi connectivity index (χ4v) is 2.09. The lowest BCUT2D eigenvalue weighted by Gasteiger charge is -2.08. The summed E-state index contributed by atoms with van der Waals surface area (Å²) in [6.07, 6.45) is 0. The van der Waals surface area contributed by atoms with Crippen molar-refractivity contribution in [2.45, 2.75) is 0 Å². The van der Waals surface area contributed by atoms with Crippen LogP contribution < -0.4 is 20.1 Å². The first-order valence-corrected chi connectivity index (χ1v) is 6.79. The maximum Gasteiger partial charge on any atom is 0.271 e. The maximum atomic E-state index is 11.9. The molecular formula is C15H13N3O5. The second-order valence-electron chi connectivity index (χ2n) is 4.78. The van der Waals surface area contributed by atoms with Gasteiger partial charge in [-0.1, -0.05) is 6.07 Å². The normalized spacial score (nSPS) is 11.8. The third kappa shape index (κ3) is 3.49. The van der Waals surface area contributed by atoms with Gasteiger partial charge >= 0.3 is 0 Å². The van der Waals surface area contributed by atoms with Gasteiger partial charge in [-0.2, -0.15) is 0 Å². The summed E-state index contributed by atoms with van der Waals surface area (Å²) in [5.74, 6) is 0.933. The van der Waals surface area contributed by atoms with Crippen LogP contribution in [0.1, 0.15) is 0 Å². The van der Waals surface area contributed by atoms with E-state index >= 15 is 0 Å². The van der Waals surface area contributed by atoms with Crippen molar-refractivity contribution in [2.24, 2.45) is 0 Å². The van der Waals surface area contributed by atoms with E-state index in [1.807, 2.05) is 0 Å². The Balaban J connectivity index is 1.57. The van der Waals surface area contributed by atoms with Gasteiger partial charge in [0.25, 0.3) is 5.69 Å². The van der Waals surface area contributed by atoms with E-state index in [1.165, 1.54) is 12.1 Å². The SMILES string of the molecule is O=C(CNc1cccc([N+](=O)[O-])c1)Nc1ccc2c(c1)OCO2. The van der Waals surface area contributed by atoms with Crippen LogP contribution in [0.15, 0.2) is 42.5 Å². The fourth-order valence-electron chi connectivity index (χ4n) is 2.09. The molecule has 0 saturated carbocycles. The standard InChI is InChI=1S/C15H13N3O5/c19-15(8-16-10-2-1-3-12(6-10)18(20)21)17-11-4-5-13-14(7-11)23-9-22-13/h1-7,16H,8-9H2,(H,17,19). The molecule has 1 amide bonds. The Labute approximate surface area is 131 Å². The molecule has 0 bridgehead atoms. The number of carbonyl (C=O) groups excluding carboxylic acids is 1.